The number of unbranched alkanes of at least 4 members (excludes halogenated alkanes) is 30. The highest BCUT2D eigenvalue weighted by atomic mass is 16.6. The first-order chi connectivity index (χ1) is 33.5. The predicted octanol–water partition coefficient (Wildman–Crippen LogP) is 19.4. The van der Waals surface area contributed by atoms with Gasteiger partial charge in [-0.1, -0.05) is 235 Å². The van der Waals surface area contributed by atoms with Crippen molar-refractivity contribution in [2.45, 2.75) is 290 Å². The molecule has 0 spiro atoms. The predicted molar refractivity (Wildman–Crippen MR) is 293 cm³/mol. The molecular formula is C62H108O6. The molecule has 1 atom stereocenters. The topological polar surface area (TPSA) is 78.9 Å². The van der Waals surface area contributed by atoms with Gasteiger partial charge < -0.3 is 14.2 Å². The smallest absolute Gasteiger partial charge is 0.306 e. The minimum absolute atomic E-state index is 0.103. The van der Waals surface area contributed by atoms with Crippen molar-refractivity contribution in [3.05, 3.63) is 72.9 Å². The largest absolute Gasteiger partial charge is 0.462 e. The van der Waals surface area contributed by atoms with Gasteiger partial charge in [0.05, 0.1) is 0 Å². The molecule has 6 nitrogen and oxygen atoms in total. The number of rotatable bonds is 52. The first-order valence-electron chi connectivity index (χ1n) is 29.0. The number of carbonyl (C=O) groups is 3. The van der Waals surface area contributed by atoms with E-state index in [9.17, 15) is 14.4 Å². The van der Waals surface area contributed by atoms with Crippen LogP contribution in [0.1, 0.15) is 284 Å². The van der Waals surface area contributed by atoms with Crippen LogP contribution in [0.5, 0.6) is 0 Å². The fourth-order valence-corrected chi connectivity index (χ4v) is 8.03. The van der Waals surface area contributed by atoms with Crippen LogP contribution >= 0.6 is 0 Å². The van der Waals surface area contributed by atoms with Crippen molar-refractivity contribution in [1.82, 2.24) is 0 Å². The molecule has 0 fully saturated rings. The maximum atomic E-state index is 12.8. The van der Waals surface area contributed by atoms with Gasteiger partial charge in [-0.05, 0) is 103 Å². The second-order valence-electron chi connectivity index (χ2n) is 19.2. The maximum absolute atomic E-state index is 12.8. The Balaban J connectivity index is 4.47. The number of ether oxygens (including phenoxy) is 3. The zero-order valence-corrected chi connectivity index (χ0v) is 44.9. The lowest BCUT2D eigenvalue weighted by Crippen LogP contribution is -2.30. The van der Waals surface area contributed by atoms with Gasteiger partial charge in [-0.15, -0.1) is 0 Å². The normalized spacial score (nSPS) is 12.6. The zero-order chi connectivity index (χ0) is 49.3. The molecule has 6 heteroatoms. The summed E-state index contributed by atoms with van der Waals surface area (Å²) in [5.41, 5.74) is 0. The molecule has 0 heterocycles. The fourth-order valence-electron chi connectivity index (χ4n) is 8.03. The van der Waals surface area contributed by atoms with Crippen LogP contribution in [-0.2, 0) is 28.6 Å². The lowest BCUT2D eigenvalue weighted by molar-refractivity contribution is -0.167. The summed E-state index contributed by atoms with van der Waals surface area (Å²) >= 11 is 0. The van der Waals surface area contributed by atoms with Gasteiger partial charge in [-0.3, -0.25) is 14.4 Å². The molecule has 0 aromatic carbocycles. The standard InChI is InChI=1S/C62H108O6/c1-4-7-10-13-16-19-22-25-28-30-32-34-37-40-43-46-49-52-55-61(64)67-58-59(57-66-60(63)54-51-48-45-42-39-36-33-27-24-21-18-15-12-9-6-3)68-62(65)56-53-50-47-44-41-38-35-31-29-26-23-20-17-14-11-8-5-2/h18,21,24,26-27,29,32,34-35,38,44,47,59H,4-17,19-20,22-23,25,28,30-31,33,36-37,39-43,45-46,48-58H2,1-3H3/b21-18-,27-24-,29-26-,34-32-,38-35-,47-44-. The Hall–Kier alpha value is -3.15. The highest BCUT2D eigenvalue weighted by Crippen LogP contribution is 2.14. The van der Waals surface area contributed by atoms with Gasteiger partial charge in [0, 0.05) is 19.3 Å². The number of hydrogen-bond donors (Lipinski definition) is 0. The average molecular weight is 950 g/mol. The third-order valence-electron chi connectivity index (χ3n) is 12.4. The maximum Gasteiger partial charge on any atom is 0.306 e. The summed E-state index contributed by atoms with van der Waals surface area (Å²) in [4.78, 5) is 38.1. The second kappa shape index (κ2) is 56.4. The third-order valence-corrected chi connectivity index (χ3v) is 12.4. The quantitative estimate of drug-likeness (QED) is 0.0199. The Morgan fingerprint density at radius 2 is 0.588 bits per heavy atom. The molecule has 0 rings (SSSR count). The molecule has 392 valence electrons. The van der Waals surface area contributed by atoms with Crippen molar-refractivity contribution in [3.8, 4) is 0 Å². The summed E-state index contributed by atoms with van der Waals surface area (Å²) in [7, 11) is 0. The lowest BCUT2D eigenvalue weighted by Gasteiger charge is -2.18. The number of carbonyl (C=O) groups excluding carboxylic acids is 3. The summed E-state index contributed by atoms with van der Waals surface area (Å²) in [5.74, 6) is -0.968. The number of esters is 3. The molecule has 0 bridgehead atoms. The molecule has 0 aliphatic carbocycles. The summed E-state index contributed by atoms with van der Waals surface area (Å²) < 4.78 is 16.8. The van der Waals surface area contributed by atoms with Crippen molar-refractivity contribution >= 4 is 17.9 Å². The van der Waals surface area contributed by atoms with Crippen LogP contribution < -0.4 is 0 Å². The van der Waals surface area contributed by atoms with E-state index in [1.807, 2.05) is 0 Å². The fraction of sp³-hybridized carbons (Fsp3) is 0.758. The summed E-state index contributed by atoms with van der Waals surface area (Å²) in [6.07, 6.45) is 71.8. The Labute approximate surface area is 421 Å². The average Bonchev–Trinajstić information content (AvgIpc) is 3.34. The van der Waals surface area contributed by atoms with Crippen LogP contribution in [0.3, 0.4) is 0 Å². The van der Waals surface area contributed by atoms with Gasteiger partial charge in [0.15, 0.2) is 6.10 Å². The van der Waals surface area contributed by atoms with Crippen molar-refractivity contribution in [2.24, 2.45) is 0 Å². The zero-order valence-electron chi connectivity index (χ0n) is 44.9. The molecule has 68 heavy (non-hydrogen) atoms. The van der Waals surface area contributed by atoms with Crippen LogP contribution in [0.2, 0.25) is 0 Å². The van der Waals surface area contributed by atoms with Crippen molar-refractivity contribution in [3.63, 3.8) is 0 Å². The summed E-state index contributed by atoms with van der Waals surface area (Å²) in [6.45, 7) is 6.56. The molecule has 0 aromatic heterocycles. The van der Waals surface area contributed by atoms with Crippen molar-refractivity contribution < 1.29 is 28.6 Å². The molecule has 1 unspecified atom stereocenters. The molecule has 0 aliphatic heterocycles. The highest BCUT2D eigenvalue weighted by Gasteiger charge is 2.19. The van der Waals surface area contributed by atoms with E-state index >= 15 is 0 Å². The monoisotopic (exact) mass is 949 g/mol. The molecule has 0 radical (unpaired) electrons. The Morgan fingerprint density at radius 3 is 1.00 bits per heavy atom. The number of hydrogen-bond acceptors (Lipinski definition) is 6. The molecule has 0 aliphatic rings. The second-order valence-corrected chi connectivity index (χ2v) is 19.2. The van der Waals surface area contributed by atoms with E-state index in [1.165, 1.54) is 167 Å². The van der Waals surface area contributed by atoms with Crippen LogP contribution in [0, 0.1) is 0 Å². The third kappa shape index (κ3) is 53.8. The van der Waals surface area contributed by atoms with E-state index in [-0.39, 0.29) is 37.5 Å². The van der Waals surface area contributed by atoms with Crippen molar-refractivity contribution in [2.75, 3.05) is 13.2 Å². The molecule has 0 saturated heterocycles. The van der Waals surface area contributed by atoms with E-state index in [0.717, 1.165) is 70.6 Å². The van der Waals surface area contributed by atoms with E-state index in [4.69, 9.17) is 14.2 Å². The first-order valence-corrected chi connectivity index (χ1v) is 29.0. The van der Waals surface area contributed by atoms with Gasteiger partial charge in [0.25, 0.3) is 0 Å². The summed E-state index contributed by atoms with van der Waals surface area (Å²) in [6, 6.07) is 0. The molecule has 0 saturated carbocycles. The minimum atomic E-state index is -0.810. The molecule has 0 aromatic rings. The number of allylic oxidation sites excluding steroid dienone is 12. The van der Waals surface area contributed by atoms with Gasteiger partial charge in [0.2, 0.25) is 0 Å². The van der Waals surface area contributed by atoms with Crippen LogP contribution in [-0.4, -0.2) is 37.2 Å². The van der Waals surface area contributed by atoms with Gasteiger partial charge >= 0.3 is 17.9 Å². The van der Waals surface area contributed by atoms with E-state index in [1.54, 1.807) is 0 Å². The van der Waals surface area contributed by atoms with Gasteiger partial charge in [-0.2, -0.15) is 0 Å². The van der Waals surface area contributed by atoms with E-state index in [0.29, 0.717) is 19.3 Å². The Kier molecular flexibility index (Phi) is 53.8. The van der Waals surface area contributed by atoms with Gasteiger partial charge in [0.1, 0.15) is 13.2 Å². The van der Waals surface area contributed by atoms with E-state index < -0.39 is 6.10 Å². The van der Waals surface area contributed by atoms with Gasteiger partial charge in [-0.25, -0.2) is 0 Å². The summed E-state index contributed by atoms with van der Waals surface area (Å²) in [5, 5.41) is 0. The SMILES string of the molecule is CCCCC/C=C\C=C/CCCCCCCCC(=O)OCC(COC(=O)CCCCCCC/C=C\CCCCCCCCCCC)OC(=O)CCC/C=C\C/C=C\C/C=C\CCCCCCCC. The first kappa shape index (κ1) is 64.8. The minimum Gasteiger partial charge on any atom is -0.462 e. The lowest BCUT2D eigenvalue weighted by atomic mass is 10.1. The van der Waals surface area contributed by atoms with E-state index in [2.05, 4.69) is 93.7 Å². The Bertz CT molecular complexity index is 1270. The molecule has 0 amide bonds. The Morgan fingerprint density at radius 1 is 0.309 bits per heavy atom. The van der Waals surface area contributed by atoms with Crippen molar-refractivity contribution in [1.29, 1.82) is 0 Å². The van der Waals surface area contributed by atoms with Crippen LogP contribution in [0.15, 0.2) is 72.9 Å². The van der Waals surface area contributed by atoms with Crippen LogP contribution in [0.4, 0.5) is 0 Å². The highest BCUT2D eigenvalue weighted by molar-refractivity contribution is 5.71. The molecular weight excluding hydrogens is 841 g/mol. The molecule has 0 N–H and O–H groups in total. The van der Waals surface area contributed by atoms with Crippen LogP contribution in [0.25, 0.3) is 0 Å².